The third-order valence-corrected chi connectivity index (χ3v) is 4.01. The monoisotopic (exact) mass is 298 g/mol. The molecule has 0 atom stereocenters. The maximum Gasteiger partial charge on any atom is 0.335 e. The molecule has 0 aliphatic carbocycles. The topological polar surface area (TPSA) is 83.7 Å². The van der Waals surface area contributed by atoms with Gasteiger partial charge in [0.1, 0.15) is 0 Å². The van der Waals surface area contributed by atoms with Crippen molar-refractivity contribution in [3.63, 3.8) is 0 Å². The second-order valence-corrected chi connectivity index (χ2v) is 5.26. The zero-order chi connectivity index (χ0) is 15.1. The number of hydrogen-bond acceptors (Lipinski definition) is 5. The molecular formula is C13H18N2O4S. The van der Waals surface area contributed by atoms with Gasteiger partial charge >= 0.3 is 5.97 Å². The van der Waals surface area contributed by atoms with E-state index in [1.54, 1.807) is 0 Å². The molecule has 7 heteroatoms. The number of nitro benzene ring substituents is 1. The molecule has 0 aliphatic rings. The van der Waals surface area contributed by atoms with E-state index in [4.69, 9.17) is 5.11 Å². The van der Waals surface area contributed by atoms with E-state index >= 15 is 0 Å². The van der Waals surface area contributed by atoms with Gasteiger partial charge in [0.25, 0.3) is 5.69 Å². The molecule has 0 saturated carbocycles. The fourth-order valence-electron chi connectivity index (χ4n) is 1.74. The second-order valence-electron chi connectivity index (χ2n) is 4.12. The number of nitrogens with zero attached hydrogens (tertiary/aromatic N) is 2. The molecule has 0 aromatic heterocycles. The normalized spacial score (nSPS) is 10.8. The van der Waals surface area contributed by atoms with Gasteiger partial charge in [0, 0.05) is 18.4 Å². The number of rotatable bonds is 8. The summed E-state index contributed by atoms with van der Waals surface area (Å²) in [5.74, 6) is -0.428. The summed E-state index contributed by atoms with van der Waals surface area (Å²) in [4.78, 5) is 24.0. The van der Waals surface area contributed by atoms with E-state index in [1.165, 1.54) is 23.9 Å². The second kappa shape index (κ2) is 7.86. The Kier molecular flexibility index (Phi) is 6.47. The van der Waals surface area contributed by atoms with Gasteiger partial charge in [0.05, 0.1) is 15.4 Å². The number of nitro groups is 1. The molecule has 0 aliphatic heterocycles. The molecule has 0 saturated heterocycles. The van der Waals surface area contributed by atoms with Crippen LogP contribution in [0.25, 0.3) is 0 Å². The Labute approximate surface area is 121 Å². The van der Waals surface area contributed by atoms with Gasteiger partial charge in [-0.3, -0.25) is 10.1 Å². The van der Waals surface area contributed by atoms with Crippen LogP contribution in [-0.4, -0.2) is 46.3 Å². The molecule has 1 aromatic rings. The fourth-order valence-corrected chi connectivity index (χ4v) is 2.75. The molecule has 1 aromatic carbocycles. The van der Waals surface area contributed by atoms with Gasteiger partial charge in [-0.1, -0.05) is 13.8 Å². The van der Waals surface area contributed by atoms with Gasteiger partial charge < -0.3 is 10.0 Å². The number of carbonyl (C=O) groups is 1. The lowest BCUT2D eigenvalue weighted by atomic mass is 10.2. The van der Waals surface area contributed by atoms with Gasteiger partial charge in [0.2, 0.25) is 0 Å². The molecule has 0 heterocycles. The number of hydrogen-bond donors (Lipinski definition) is 1. The van der Waals surface area contributed by atoms with Crippen molar-refractivity contribution in [2.24, 2.45) is 0 Å². The minimum atomic E-state index is -1.16. The molecule has 6 nitrogen and oxygen atoms in total. The Morgan fingerprint density at radius 3 is 2.55 bits per heavy atom. The average Bonchev–Trinajstić information content (AvgIpc) is 2.43. The van der Waals surface area contributed by atoms with E-state index < -0.39 is 10.9 Å². The van der Waals surface area contributed by atoms with Crippen LogP contribution in [0.5, 0.6) is 0 Å². The molecule has 0 unspecified atom stereocenters. The highest BCUT2D eigenvalue weighted by molar-refractivity contribution is 7.99. The summed E-state index contributed by atoms with van der Waals surface area (Å²) >= 11 is 1.38. The smallest absolute Gasteiger partial charge is 0.335 e. The van der Waals surface area contributed by atoms with Crippen LogP contribution in [0.3, 0.4) is 0 Å². The number of carboxylic acid groups (broad SMARTS) is 1. The van der Waals surface area contributed by atoms with Gasteiger partial charge in [-0.05, 0) is 25.2 Å². The van der Waals surface area contributed by atoms with Crippen LogP contribution in [0.4, 0.5) is 5.69 Å². The summed E-state index contributed by atoms with van der Waals surface area (Å²) < 4.78 is 0. The van der Waals surface area contributed by atoms with Crippen LogP contribution < -0.4 is 0 Å². The van der Waals surface area contributed by atoms with E-state index in [-0.39, 0.29) is 11.3 Å². The summed E-state index contributed by atoms with van der Waals surface area (Å²) in [6, 6.07) is 4.02. The Morgan fingerprint density at radius 2 is 2.05 bits per heavy atom. The molecule has 0 spiro atoms. The molecular weight excluding hydrogens is 280 g/mol. The van der Waals surface area contributed by atoms with E-state index in [0.717, 1.165) is 31.5 Å². The molecule has 0 amide bonds. The predicted molar refractivity (Wildman–Crippen MR) is 78.6 cm³/mol. The van der Waals surface area contributed by atoms with Crippen molar-refractivity contribution in [2.75, 3.05) is 25.4 Å². The molecule has 0 bridgehead atoms. The highest BCUT2D eigenvalue weighted by Crippen LogP contribution is 2.30. The number of thioether (sulfide) groups is 1. The van der Waals surface area contributed by atoms with Gasteiger partial charge in [-0.25, -0.2) is 4.79 Å². The minimum absolute atomic E-state index is 0.0650. The fraction of sp³-hybridized carbons (Fsp3) is 0.462. The number of aromatic carboxylic acids is 1. The van der Waals surface area contributed by atoms with Crippen LogP contribution in [0.1, 0.15) is 24.2 Å². The SMILES string of the molecule is CCN(CC)CCSc1ccc(C(=O)O)cc1[N+](=O)[O-]. The predicted octanol–water partition coefficient (Wildman–Crippen LogP) is 2.73. The van der Waals surface area contributed by atoms with E-state index in [9.17, 15) is 14.9 Å². The molecule has 110 valence electrons. The molecule has 0 fully saturated rings. The third kappa shape index (κ3) is 4.50. The van der Waals surface area contributed by atoms with Crippen LogP contribution in [-0.2, 0) is 0 Å². The van der Waals surface area contributed by atoms with E-state index in [1.807, 2.05) is 0 Å². The van der Waals surface area contributed by atoms with Crippen molar-refractivity contribution in [1.82, 2.24) is 4.90 Å². The highest BCUT2D eigenvalue weighted by atomic mass is 32.2. The standard InChI is InChI=1S/C13H18N2O4S/c1-3-14(4-2)7-8-20-12-6-5-10(13(16)17)9-11(12)15(18)19/h5-6,9H,3-4,7-8H2,1-2H3,(H,16,17). The Balaban J connectivity index is 2.79. The first-order chi connectivity index (χ1) is 9.49. The average molecular weight is 298 g/mol. The Bertz CT molecular complexity index is 489. The number of carboxylic acids is 1. The van der Waals surface area contributed by atoms with Crippen LogP contribution in [0.2, 0.25) is 0 Å². The first kappa shape index (κ1) is 16.5. The maximum absolute atomic E-state index is 11.0. The van der Waals surface area contributed by atoms with Gasteiger partial charge in [-0.15, -0.1) is 11.8 Å². The van der Waals surface area contributed by atoms with Crippen LogP contribution in [0.15, 0.2) is 23.1 Å². The Morgan fingerprint density at radius 1 is 1.40 bits per heavy atom. The lowest BCUT2D eigenvalue weighted by Gasteiger charge is -2.17. The van der Waals surface area contributed by atoms with Crippen molar-refractivity contribution < 1.29 is 14.8 Å². The van der Waals surface area contributed by atoms with Crippen molar-refractivity contribution in [3.8, 4) is 0 Å². The quantitative estimate of drug-likeness (QED) is 0.451. The third-order valence-electron chi connectivity index (χ3n) is 2.96. The summed E-state index contributed by atoms with van der Waals surface area (Å²) in [6.07, 6.45) is 0. The van der Waals surface area contributed by atoms with Gasteiger partial charge in [-0.2, -0.15) is 0 Å². The first-order valence-corrected chi connectivity index (χ1v) is 7.35. The summed E-state index contributed by atoms with van der Waals surface area (Å²) in [7, 11) is 0. The molecule has 20 heavy (non-hydrogen) atoms. The summed E-state index contributed by atoms with van der Waals surface area (Å²) in [5.41, 5.74) is -0.209. The summed E-state index contributed by atoms with van der Waals surface area (Å²) in [5, 5.41) is 19.9. The maximum atomic E-state index is 11.0. The molecule has 1 rings (SSSR count). The van der Waals surface area contributed by atoms with Crippen LogP contribution in [0, 0.1) is 10.1 Å². The largest absolute Gasteiger partial charge is 0.478 e. The van der Waals surface area contributed by atoms with Crippen molar-refractivity contribution >= 4 is 23.4 Å². The Hall–Kier alpha value is -1.60. The minimum Gasteiger partial charge on any atom is -0.478 e. The number of benzene rings is 1. The van der Waals surface area contributed by atoms with Crippen molar-refractivity contribution in [2.45, 2.75) is 18.7 Å². The van der Waals surface area contributed by atoms with Crippen molar-refractivity contribution in [3.05, 3.63) is 33.9 Å². The van der Waals surface area contributed by atoms with Gasteiger partial charge in [0.15, 0.2) is 0 Å². The first-order valence-electron chi connectivity index (χ1n) is 6.36. The lowest BCUT2D eigenvalue weighted by molar-refractivity contribution is -0.387. The highest BCUT2D eigenvalue weighted by Gasteiger charge is 2.17. The van der Waals surface area contributed by atoms with Crippen molar-refractivity contribution in [1.29, 1.82) is 0 Å². The lowest BCUT2D eigenvalue weighted by Crippen LogP contribution is -2.25. The molecule has 0 radical (unpaired) electrons. The van der Waals surface area contributed by atoms with E-state index in [0.29, 0.717) is 4.90 Å². The zero-order valence-corrected chi connectivity index (χ0v) is 12.4. The van der Waals surface area contributed by atoms with E-state index in [2.05, 4.69) is 18.7 Å². The van der Waals surface area contributed by atoms with Crippen LogP contribution >= 0.6 is 11.8 Å². The zero-order valence-electron chi connectivity index (χ0n) is 11.5. The summed E-state index contributed by atoms with van der Waals surface area (Å²) in [6.45, 7) is 6.86. The molecule has 1 N–H and O–H groups in total.